The molecule has 3 heterocycles. The molecule has 31 heavy (non-hydrogen) atoms. The van der Waals surface area contributed by atoms with Gasteiger partial charge in [-0.2, -0.15) is 13.2 Å². The number of furan rings is 1. The van der Waals surface area contributed by atoms with Crippen LogP contribution in [0, 0.1) is 0 Å². The van der Waals surface area contributed by atoms with Crippen molar-refractivity contribution in [3.05, 3.63) is 77.8 Å². The first-order chi connectivity index (χ1) is 14.9. The number of aromatic nitrogens is 2. The summed E-state index contributed by atoms with van der Waals surface area (Å²) in [5.41, 5.74) is -0.354. The van der Waals surface area contributed by atoms with E-state index in [-0.39, 0.29) is 18.0 Å². The molecule has 9 heteroatoms. The van der Waals surface area contributed by atoms with Crippen molar-refractivity contribution in [3.63, 3.8) is 0 Å². The first-order valence-electron chi connectivity index (χ1n) is 10.1. The number of imidazole rings is 1. The quantitative estimate of drug-likeness (QED) is 0.569. The second-order valence-corrected chi connectivity index (χ2v) is 7.95. The van der Waals surface area contributed by atoms with E-state index < -0.39 is 11.7 Å². The monoisotopic (exact) mass is 448 g/mol. The number of rotatable bonds is 5. The molecule has 1 fully saturated rings. The van der Waals surface area contributed by atoms with E-state index in [2.05, 4.69) is 15.2 Å². The summed E-state index contributed by atoms with van der Waals surface area (Å²) in [5, 5.41) is 3.88. The number of nitrogens with zero attached hydrogens (tertiary/aromatic N) is 3. The molecule has 5 nitrogen and oxygen atoms in total. The van der Waals surface area contributed by atoms with Crippen molar-refractivity contribution in [3.8, 4) is 0 Å². The zero-order valence-corrected chi connectivity index (χ0v) is 17.6. The highest BCUT2D eigenvalue weighted by Crippen LogP contribution is 2.33. The standard InChI is InChI=1S/C22H23F3N4OS/c23-22(24,25)19-6-2-1-4-17(19)15-29-12-9-26-20(29)16-7-10-28(11-8-16)21(31)27-14-18-5-3-13-30-18/h1-6,9,12-13,16H,7-8,10-11,14-15H2,(H,27,31). The van der Waals surface area contributed by atoms with Crippen LogP contribution in [0.3, 0.4) is 0 Å². The molecule has 1 saturated heterocycles. The molecule has 1 aliphatic rings. The number of thiocarbonyl (C=S) groups is 1. The van der Waals surface area contributed by atoms with E-state index in [4.69, 9.17) is 16.6 Å². The minimum absolute atomic E-state index is 0.147. The molecule has 1 aromatic carbocycles. The van der Waals surface area contributed by atoms with Gasteiger partial charge in [0.25, 0.3) is 0 Å². The molecular weight excluding hydrogens is 425 g/mol. The van der Waals surface area contributed by atoms with Gasteiger partial charge in [-0.1, -0.05) is 18.2 Å². The van der Waals surface area contributed by atoms with Crippen molar-refractivity contribution in [1.82, 2.24) is 19.8 Å². The molecule has 1 aliphatic heterocycles. The van der Waals surface area contributed by atoms with Gasteiger partial charge < -0.3 is 19.2 Å². The lowest BCUT2D eigenvalue weighted by Gasteiger charge is -2.33. The van der Waals surface area contributed by atoms with Gasteiger partial charge in [-0.3, -0.25) is 0 Å². The number of hydrogen-bond donors (Lipinski definition) is 1. The Kier molecular flexibility index (Phi) is 6.31. The first-order valence-corrected chi connectivity index (χ1v) is 10.5. The van der Waals surface area contributed by atoms with Gasteiger partial charge in [0, 0.05) is 37.9 Å². The SMILES string of the molecule is FC(F)(F)c1ccccc1Cn1ccnc1C1CCN(C(=S)NCc2ccco2)CC1. The fourth-order valence-corrected chi connectivity index (χ4v) is 4.22. The zero-order chi connectivity index (χ0) is 21.8. The highest BCUT2D eigenvalue weighted by molar-refractivity contribution is 7.80. The van der Waals surface area contributed by atoms with Crippen LogP contribution in [0.2, 0.25) is 0 Å². The lowest BCUT2D eigenvalue weighted by molar-refractivity contribution is -0.138. The minimum atomic E-state index is -4.37. The molecule has 0 spiro atoms. The number of piperidine rings is 1. The average molecular weight is 449 g/mol. The number of benzene rings is 1. The summed E-state index contributed by atoms with van der Waals surface area (Å²) in [5.74, 6) is 1.82. The molecule has 164 valence electrons. The van der Waals surface area contributed by atoms with Crippen molar-refractivity contribution < 1.29 is 17.6 Å². The van der Waals surface area contributed by atoms with E-state index in [1.54, 1.807) is 24.7 Å². The second-order valence-electron chi connectivity index (χ2n) is 7.57. The van der Waals surface area contributed by atoms with Gasteiger partial charge in [0.15, 0.2) is 5.11 Å². The van der Waals surface area contributed by atoms with Gasteiger partial charge in [0.1, 0.15) is 11.6 Å². The lowest BCUT2D eigenvalue weighted by Crippen LogP contribution is -2.43. The van der Waals surface area contributed by atoms with Crippen molar-refractivity contribution in [2.75, 3.05) is 13.1 Å². The van der Waals surface area contributed by atoms with E-state index >= 15 is 0 Å². The van der Waals surface area contributed by atoms with E-state index in [1.807, 2.05) is 16.7 Å². The van der Waals surface area contributed by atoms with E-state index in [1.165, 1.54) is 12.1 Å². The molecule has 4 rings (SSSR count). The number of nitrogens with one attached hydrogen (secondary N) is 1. The molecule has 0 unspecified atom stereocenters. The summed E-state index contributed by atoms with van der Waals surface area (Å²) in [6.07, 6.45) is 2.33. The molecule has 0 saturated carbocycles. The number of halogens is 3. The Morgan fingerprint density at radius 3 is 2.65 bits per heavy atom. The van der Waals surface area contributed by atoms with Crippen LogP contribution >= 0.6 is 12.2 Å². The van der Waals surface area contributed by atoms with Gasteiger partial charge >= 0.3 is 6.18 Å². The molecule has 3 aromatic rings. The second kappa shape index (κ2) is 9.13. The Morgan fingerprint density at radius 2 is 1.94 bits per heavy atom. The van der Waals surface area contributed by atoms with Crippen molar-refractivity contribution in [2.24, 2.45) is 0 Å². The molecular formula is C22H23F3N4OS. The van der Waals surface area contributed by atoms with Crippen LogP contribution in [-0.4, -0.2) is 32.7 Å². The Hall–Kier alpha value is -2.81. The number of hydrogen-bond acceptors (Lipinski definition) is 3. The number of likely N-dealkylation sites (tertiary alicyclic amines) is 1. The summed E-state index contributed by atoms with van der Waals surface area (Å²) >= 11 is 5.49. The van der Waals surface area contributed by atoms with E-state index in [0.29, 0.717) is 11.7 Å². The first kappa shape index (κ1) is 21.4. The van der Waals surface area contributed by atoms with Crippen LogP contribution in [0.1, 0.15) is 41.5 Å². The van der Waals surface area contributed by atoms with Gasteiger partial charge in [-0.25, -0.2) is 4.98 Å². The third kappa shape index (κ3) is 5.10. The average Bonchev–Trinajstić information content (AvgIpc) is 3.44. The predicted octanol–water partition coefficient (Wildman–Crippen LogP) is 4.80. The summed E-state index contributed by atoms with van der Waals surface area (Å²) in [6, 6.07) is 9.43. The van der Waals surface area contributed by atoms with E-state index in [0.717, 1.165) is 43.6 Å². The smallest absolute Gasteiger partial charge is 0.416 e. The third-order valence-corrected chi connectivity index (χ3v) is 5.95. The summed E-state index contributed by atoms with van der Waals surface area (Å²) in [4.78, 5) is 6.58. The summed E-state index contributed by atoms with van der Waals surface area (Å²) in [6.45, 7) is 2.21. The highest BCUT2D eigenvalue weighted by atomic mass is 32.1. The number of alkyl halides is 3. The molecule has 2 aromatic heterocycles. The van der Waals surface area contributed by atoms with Crippen molar-refractivity contribution in [2.45, 2.75) is 38.0 Å². The fraction of sp³-hybridized carbons (Fsp3) is 0.364. The van der Waals surface area contributed by atoms with Gasteiger partial charge in [-0.05, 0) is 48.8 Å². The normalized spacial score (nSPS) is 15.3. The maximum atomic E-state index is 13.3. The molecule has 0 aliphatic carbocycles. The molecule has 0 amide bonds. The van der Waals surface area contributed by atoms with Crippen LogP contribution in [-0.2, 0) is 19.3 Å². The van der Waals surface area contributed by atoms with E-state index in [9.17, 15) is 13.2 Å². The predicted molar refractivity (Wildman–Crippen MR) is 114 cm³/mol. The third-order valence-electron chi connectivity index (χ3n) is 5.55. The Labute approximate surface area is 183 Å². The Bertz CT molecular complexity index is 1010. The van der Waals surface area contributed by atoms with Crippen LogP contribution in [0.25, 0.3) is 0 Å². The molecule has 0 atom stereocenters. The van der Waals surface area contributed by atoms with Crippen LogP contribution < -0.4 is 5.32 Å². The van der Waals surface area contributed by atoms with Crippen molar-refractivity contribution in [1.29, 1.82) is 0 Å². The summed E-state index contributed by atoms with van der Waals surface area (Å²) < 4.78 is 47.2. The highest BCUT2D eigenvalue weighted by Gasteiger charge is 2.33. The Morgan fingerprint density at radius 1 is 1.16 bits per heavy atom. The molecule has 0 radical (unpaired) electrons. The van der Waals surface area contributed by atoms with Crippen LogP contribution in [0.15, 0.2) is 59.5 Å². The maximum Gasteiger partial charge on any atom is 0.416 e. The van der Waals surface area contributed by atoms with Crippen LogP contribution in [0.4, 0.5) is 13.2 Å². The van der Waals surface area contributed by atoms with Crippen molar-refractivity contribution >= 4 is 17.3 Å². The largest absolute Gasteiger partial charge is 0.467 e. The summed E-state index contributed by atoms with van der Waals surface area (Å²) in [7, 11) is 0. The van der Waals surface area contributed by atoms with Gasteiger partial charge in [-0.15, -0.1) is 0 Å². The minimum Gasteiger partial charge on any atom is -0.467 e. The lowest BCUT2D eigenvalue weighted by atomic mass is 9.96. The Balaban J connectivity index is 1.38. The zero-order valence-electron chi connectivity index (χ0n) is 16.8. The molecule has 0 bridgehead atoms. The molecule has 1 N–H and O–H groups in total. The van der Waals surface area contributed by atoms with Crippen LogP contribution in [0.5, 0.6) is 0 Å². The van der Waals surface area contributed by atoms with Gasteiger partial charge in [0.2, 0.25) is 0 Å². The topological polar surface area (TPSA) is 46.2 Å². The van der Waals surface area contributed by atoms with Gasteiger partial charge in [0.05, 0.1) is 18.4 Å². The maximum absolute atomic E-state index is 13.3. The fourth-order valence-electron chi connectivity index (χ4n) is 3.96.